The standard InChI is InChI=1S/C23H23N3O2S/c1-5-15-8-6-7-14(2)21(15)26-22-20-17(12-29-23(20)25-13-24-22)16-9-10-18(27-3)19(11-16)28-4/h6-13H,5H2,1-4H3,(H,24,25,26). The summed E-state index contributed by atoms with van der Waals surface area (Å²) in [5.41, 5.74) is 5.67. The fourth-order valence-electron chi connectivity index (χ4n) is 3.51. The molecule has 6 heteroatoms. The van der Waals surface area contributed by atoms with Crippen LogP contribution in [-0.2, 0) is 6.42 Å². The first-order valence-corrected chi connectivity index (χ1v) is 10.3. The zero-order valence-corrected chi connectivity index (χ0v) is 17.8. The van der Waals surface area contributed by atoms with Gasteiger partial charge in [-0.2, -0.15) is 0 Å². The molecule has 1 N–H and O–H groups in total. The van der Waals surface area contributed by atoms with Gasteiger partial charge in [0, 0.05) is 16.6 Å². The monoisotopic (exact) mass is 405 g/mol. The van der Waals surface area contributed by atoms with Crippen molar-refractivity contribution in [3.8, 4) is 22.6 Å². The van der Waals surface area contributed by atoms with Gasteiger partial charge in [0.15, 0.2) is 11.5 Å². The third kappa shape index (κ3) is 3.51. The van der Waals surface area contributed by atoms with Crippen molar-refractivity contribution in [2.75, 3.05) is 19.5 Å². The molecule has 0 saturated heterocycles. The highest BCUT2D eigenvalue weighted by atomic mass is 32.1. The van der Waals surface area contributed by atoms with E-state index in [1.165, 1.54) is 11.1 Å². The third-order valence-electron chi connectivity index (χ3n) is 5.05. The van der Waals surface area contributed by atoms with Crippen molar-refractivity contribution in [2.24, 2.45) is 0 Å². The highest BCUT2D eigenvalue weighted by Gasteiger charge is 2.16. The van der Waals surface area contributed by atoms with Gasteiger partial charge in [-0.3, -0.25) is 0 Å². The summed E-state index contributed by atoms with van der Waals surface area (Å²) in [5.74, 6) is 2.21. The fraction of sp³-hybridized carbons (Fsp3) is 0.217. The Morgan fingerprint density at radius 2 is 1.86 bits per heavy atom. The van der Waals surface area contributed by atoms with Crippen molar-refractivity contribution in [3.05, 3.63) is 59.2 Å². The summed E-state index contributed by atoms with van der Waals surface area (Å²) in [5, 5.41) is 6.71. The van der Waals surface area contributed by atoms with Gasteiger partial charge >= 0.3 is 0 Å². The minimum absolute atomic E-state index is 0.697. The lowest BCUT2D eigenvalue weighted by atomic mass is 10.0. The predicted molar refractivity (Wildman–Crippen MR) is 120 cm³/mol. The van der Waals surface area contributed by atoms with E-state index in [1.54, 1.807) is 31.9 Å². The van der Waals surface area contributed by atoms with E-state index < -0.39 is 0 Å². The minimum Gasteiger partial charge on any atom is -0.493 e. The van der Waals surface area contributed by atoms with Crippen LogP contribution in [0.3, 0.4) is 0 Å². The van der Waals surface area contributed by atoms with Crippen LogP contribution in [0.25, 0.3) is 21.3 Å². The van der Waals surface area contributed by atoms with Crippen molar-refractivity contribution in [2.45, 2.75) is 20.3 Å². The van der Waals surface area contributed by atoms with E-state index in [9.17, 15) is 0 Å². The van der Waals surface area contributed by atoms with Crippen molar-refractivity contribution in [1.82, 2.24) is 9.97 Å². The van der Waals surface area contributed by atoms with E-state index in [1.807, 2.05) is 18.2 Å². The Morgan fingerprint density at radius 3 is 2.62 bits per heavy atom. The van der Waals surface area contributed by atoms with Crippen molar-refractivity contribution in [3.63, 3.8) is 0 Å². The number of ether oxygens (including phenoxy) is 2. The number of nitrogens with zero attached hydrogens (tertiary/aromatic N) is 2. The highest BCUT2D eigenvalue weighted by Crippen LogP contribution is 2.40. The number of hydrogen-bond donors (Lipinski definition) is 1. The molecule has 0 bridgehead atoms. The molecule has 29 heavy (non-hydrogen) atoms. The maximum Gasteiger partial charge on any atom is 0.161 e. The molecule has 0 aliphatic heterocycles. The summed E-state index contributed by atoms with van der Waals surface area (Å²) in [7, 11) is 3.29. The van der Waals surface area contributed by atoms with Crippen molar-refractivity contribution in [1.29, 1.82) is 0 Å². The normalized spacial score (nSPS) is 10.9. The molecule has 0 saturated carbocycles. The average Bonchev–Trinajstić information content (AvgIpc) is 3.19. The lowest BCUT2D eigenvalue weighted by Crippen LogP contribution is -2.01. The van der Waals surface area contributed by atoms with Gasteiger partial charge < -0.3 is 14.8 Å². The lowest BCUT2D eigenvalue weighted by molar-refractivity contribution is 0.355. The first kappa shape index (κ1) is 19.2. The second kappa shape index (κ2) is 8.09. The van der Waals surface area contributed by atoms with Gasteiger partial charge in [-0.15, -0.1) is 11.3 Å². The number of aryl methyl sites for hydroxylation is 2. The van der Waals surface area contributed by atoms with Gasteiger partial charge in [0.2, 0.25) is 0 Å². The van der Waals surface area contributed by atoms with Crippen LogP contribution >= 0.6 is 11.3 Å². The number of aromatic nitrogens is 2. The first-order valence-electron chi connectivity index (χ1n) is 9.46. The van der Waals surface area contributed by atoms with E-state index >= 15 is 0 Å². The summed E-state index contributed by atoms with van der Waals surface area (Å²) < 4.78 is 10.9. The summed E-state index contributed by atoms with van der Waals surface area (Å²) in [6, 6.07) is 12.3. The van der Waals surface area contributed by atoms with Gasteiger partial charge in [-0.1, -0.05) is 31.2 Å². The Bertz CT molecular complexity index is 1170. The molecule has 2 heterocycles. The zero-order valence-electron chi connectivity index (χ0n) is 16.9. The first-order chi connectivity index (χ1) is 14.2. The van der Waals surface area contributed by atoms with Gasteiger partial charge in [0.05, 0.1) is 19.6 Å². The second-order valence-electron chi connectivity index (χ2n) is 6.71. The van der Waals surface area contributed by atoms with E-state index in [0.29, 0.717) is 11.5 Å². The Hall–Kier alpha value is -3.12. The molecule has 0 atom stereocenters. The van der Waals surface area contributed by atoms with Crippen LogP contribution in [0.15, 0.2) is 48.1 Å². The maximum atomic E-state index is 5.49. The van der Waals surface area contributed by atoms with Crippen LogP contribution in [-0.4, -0.2) is 24.2 Å². The number of benzene rings is 2. The zero-order chi connectivity index (χ0) is 20.4. The second-order valence-corrected chi connectivity index (χ2v) is 7.57. The van der Waals surface area contributed by atoms with Gasteiger partial charge in [-0.25, -0.2) is 9.97 Å². The Morgan fingerprint density at radius 1 is 1.03 bits per heavy atom. The Kier molecular flexibility index (Phi) is 5.36. The number of nitrogens with one attached hydrogen (secondary N) is 1. The number of fused-ring (bicyclic) bond motifs is 1. The molecule has 0 aliphatic carbocycles. The van der Waals surface area contributed by atoms with Crippen molar-refractivity contribution < 1.29 is 9.47 Å². The summed E-state index contributed by atoms with van der Waals surface area (Å²) in [6.07, 6.45) is 2.56. The van der Waals surface area contributed by atoms with Gasteiger partial charge in [0.1, 0.15) is 17.0 Å². The number of anilines is 2. The van der Waals surface area contributed by atoms with Gasteiger partial charge in [-0.05, 0) is 42.2 Å². The summed E-state index contributed by atoms with van der Waals surface area (Å²) >= 11 is 1.61. The number of methoxy groups -OCH3 is 2. The molecule has 0 radical (unpaired) electrons. The lowest BCUT2D eigenvalue weighted by Gasteiger charge is -2.15. The van der Waals surface area contributed by atoms with Crippen molar-refractivity contribution >= 4 is 33.1 Å². The van der Waals surface area contributed by atoms with Crippen LogP contribution < -0.4 is 14.8 Å². The van der Waals surface area contributed by atoms with E-state index in [4.69, 9.17) is 9.47 Å². The van der Waals surface area contributed by atoms with Crippen LogP contribution in [0.2, 0.25) is 0 Å². The van der Waals surface area contributed by atoms with Crippen LogP contribution in [0.1, 0.15) is 18.1 Å². The van der Waals surface area contributed by atoms with Crippen LogP contribution in [0.5, 0.6) is 11.5 Å². The smallest absolute Gasteiger partial charge is 0.161 e. The molecular formula is C23H23N3O2S. The number of thiophene rings is 1. The molecular weight excluding hydrogens is 382 g/mol. The molecule has 0 spiro atoms. The largest absolute Gasteiger partial charge is 0.493 e. The summed E-state index contributed by atoms with van der Waals surface area (Å²) in [6.45, 7) is 4.28. The fourth-order valence-corrected chi connectivity index (χ4v) is 4.42. The molecule has 4 rings (SSSR count). The Labute approximate surface area is 174 Å². The van der Waals surface area contributed by atoms with E-state index in [-0.39, 0.29) is 0 Å². The molecule has 0 fully saturated rings. The molecule has 148 valence electrons. The van der Waals surface area contributed by atoms with Gasteiger partial charge in [0.25, 0.3) is 0 Å². The molecule has 2 aromatic heterocycles. The molecule has 0 aliphatic rings. The molecule has 0 unspecified atom stereocenters. The van der Waals surface area contributed by atoms with Crippen LogP contribution in [0.4, 0.5) is 11.5 Å². The Balaban J connectivity index is 1.86. The highest BCUT2D eigenvalue weighted by molar-refractivity contribution is 7.17. The van der Waals surface area contributed by atoms with Crippen LogP contribution in [0, 0.1) is 6.92 Å². The maximum absolute atomic E-state index is 5.49. The summed E-state index contributed by atoms with van der Waals surface area (Å²) in [4.78, 5) is 10.0. The SMILES string of the molecule is CCc1cccc(C)c1Nc1ncnc2scc(-c3ccc(OC)c(OC)c3)c12. The topological polar surface area (TPSA) is 56.3 Å². The molecule has 0 amide bonds. The molecule has 4 aromatic rings. The average molecular weight is 406 g/mol. The molecule has 5 nitrogen and oxygen atoms in total. The number of rotatable bonds is 6. The van der Waals surface area contributed by atoms with E-state index in [0.717, 1.165) is 39.3 Å². The quantitative estimate of drug-likeness (QED) is 0.427. The third-order valence-corrected chi connectivity index (χ3v) is 5.93. The number of para-hydroxylation sites is 1. The van der Waals surface area contributed by atoms with E-state index in [2.05, 4.69) is 52.7 Å². The predicted octanol–water partition coefficient (Wildman–Crippen LogP) is 5.99. The number of hydrogen-bond acceptors (Lipinski definition) is 6. The molecule has 2 aromatic carbocycles. The minimum atomic E-state index is 0.697.